The molecule has 30 heavy (non-hydrogen) atoms. The lowest BCUT2D eigenvalue weighted by atomic mass is 9.96. The molecule has 1 aromatic rings. The first kappa shape index (κ1) is 19.4. The van der Waals surface area contributed by atoms with E-state index >= 15 is 0 Å². The third-order valence-electron chi connectivity index (χ3n) is 6.61. The van der Waals surface area contributed by atoms with Gasteiger partial charge in [0.15, 0.2) is 5.82 Å². The molecule has 0 spiro atoms. The van der Waals surface area contributed by atoms with Crippen LogP contribution in [0.15, 0.2) is 35.7 Å². The van der Waals surface area contributed by atoms with Gasteiger partial charge >= 0.3 is 6.03 Å². The van der Waals surface area contributed by atoms with Gasteiger partial charge in [0.2, 0.25) is 0 Å². The van der Waals surface area contributed by atoms with Crippen LogP contribution in [0.4, 0.5) is 4.79 Å². The number of hydrogen-bond donors (Lipinski definition) is 1. The van der Waals surface area contributed by atoms with E-state index in [0.717, 1.165) is 69.3 Å². The van der Waals surface area contributed by atoms with Gasteiger partial charge in [0.25, 0.3) is 0 Å². The van der Waals surface area contributed by atoms with E-state index in [1.807, 2.05) is 12.4 Å². The average Bonchev–Trinajstić information content (AvgIpc) is 3.37. The van der Waals surface area contributed by atoms with Gasteiger partial charge in [-0.15, -0.1) is 0 Å². The van der Waals surface area contributed by atoms with Gasteiger partial charge < -0.3 is 14.5 Å². The van der Waals surface area contributed by atoms with Crippen molar-refractivity contribution in [2.24, 2.45) is 16.8 Å². The predicted molar refractivity (Wildman–Crippen MR) is 111 cm³/mol. The molecule has 0 aromatic carbocycles. The molecule has 2 atom stereocenters. The molecule has 1 aromatic heterocycles. The highest BCUT2D eigenvalue weighted by Crippen LogP contribution is 2.30. The molecule has 160 valence electrons. The summed E-state index contributed by atoms with van der Waals surface area (Å²) in [5, 5.41) is 3.08. The molecule has 4 aliphatic heterocycles. The van der Waals surface area contributed by atoms with E-state index in [2.05, 4.69) is 38.2 Å². The van der Waals surface area contributed by atoms with Gasteiger partial charge in [0, 0.05) is 63.4 Å². The Labute approximate surface area is 176 Å². The standard InChI is InChI=1S/C21H29N7O2/c1-15-10-26(5-2-16-8-22-13-23-9-16)11-18(15)20-24-19-12-27(14-28(19)21(29)25-20)17-3-6-30-7-4-17/h8-9,12-13,15,17-18H,2-7,10-11,14H2,1H3,(H,24,25,29). The molecule has 0 radical (unpaired) electrons. The summed E-state index contributed by atoms with van der Waals surface area (Å²) < 4.78 is 5.47. The summed E-state index contributed by atoms with van der Waals surface area (Å²) in [6.07, 6.45) is 10.3. The van der Waals surface area contributed by atoms with Crippen molar-refractivity contribution in [2.75, 3.05) is 39.5 Å². The predicted octanol–water partition coefficient (Wildman–Crippen LogP) is 1.26. The second-order valence-corrected chi connectivity index (χ2v) is 8.68. The minimum Gasteiger partial charge on any atom is -0.381 e. The molecular weight excluding hydrogens is 382 g/mol. The summed E-state index contributed by atoms with van der Waals surface area (Å²) in [7, 11) is 0. The van der Waals surface area contributed by atoms with Crippen LogP contribution < -0.4 is 5.32 Å². The van der Waals surface area contributed by atoms with Gasteiger partial charge in [0.1, 0.15) is 18.8 Å². The Kier molecular flexibility index (Phi) is 5.39. The van der Waals surface area contributed by atoms with E-state index < -0.39 is 0 Å². The van der Waals surface area contributed by atoms with Crippen LogP contribution in [-0.2, 0) is 11.2 Å². The minimum atomic E-state index is -0.0621. The zero-order chi connectivity index (χ0) is 20.5. The Balaban J connectivity index is 1.25. The molecule has 0 aliphatic carbocycles. The normalized spacial score (nSPS) is 27.7. The fraction of sp³-hybridized carbons (Fsp3) is 0.619. The molecule has 0 saturated carbocycles. The molecule has 2 unspecified atom stereocenters. The molecule has 4 aliphatic rings. The van der Waals surface area contributed by atoms with Crippen molar-refractivity contribution < 1.29 is 9.53 Å². The van der Waals surface area contributed by atoms with E-state index in [-0.39, 0.29) is 11.9 Å². The van der Waals surface area contributed by atoms with Crippen LogP contribution in [0.25, 0.3) is 0 Å². The van der Waals surface area contributed by atoms with E-state index in [4.69, 9.17) is 9.73 Å². The van der Waals surface area contributed by atoms with Gasteiger partial charge in [-0.05, 0) is 30.7 Å². The number of aromatic nitrogens is 2. The number of carbonyl (C=O) groups excluding carboxylic acids is 1. The number of aliphatic imine (C=N–C) groups is 1. The maximum absolute atomic E-state index is 12.8. The van der Waals surface area contributed by atoms with E-state index in [1.165, 1.54) is 0 Å². The van der Waals surface area contributed by atoms with Gasteiger partial charge in [-0.25, -0.2) is 19.8 Å². The van der Waals surface area contributed by atoms with Gasteiger partial charge in [-0.3, -0.25) is 10.2 Å². The zero-order valence-corrected chi connectivity index (χ0v) is 17.4. The van der Waals surface area contributed by atoms with E-state index in [9.17, 15) is 4.79 Å². The number of amidine groups is 1. The third-order valence-corrected chi connectivity index (χ3v) is 6.61. The monoisotopic (exact) mass is 411 g/mol. The zero-order valence-electron chi connectivity index (χ0n) is 17.4. The minimum absolute atomic E-state index is 0.0621. The maximum atomic E-state index is 12.8. The van der Waals surface area contributed by atoms with Crippen molar-refractivity contribution in [3.8, 4) is 0 Å². The van der Waals surface area contributed by atoms with Gasteiger partial charge in [0.05, 0.1) is 0 Å². The smallest absolute Gasteiger partial charge is 0.329 e. The van der Waals surface area contributed by atoms with Crippen molar-refractivity contribution >= 4 is 11.9 Å². The lowest BCUT2D eigenvalue weighted by Gasteiger charge is -2.32. The average molecular weight is 412 g/mol. The summed E-state index contributed by atoms with van der Waals surface area (Å²) in [6, 6.07) is 0.360. The Morgan fingerprint density at radius 2 is 2.00 bits per heavy atom. The molecule has 2 amide bonds. The van der Waals surface area contributed by atoms with E-state index in [0.29, 0.717) is 18.6 Å². The lowest BCUT2D eigenvalue weighted by molar-refractivity contribution is 0.0459. The molecule has 2 fully saturated rings. The topological polar surface area (TPSA) is 86.2 Å². The summed E-state index contributed by atoms with van der Waals surface area (Å²) in [6.45, 7) is 7.27. The molecule has 5 heterocycles. The number of urea groups is 1. The number of rotatable bonds is 5. The summed E-state index contributed by atoms with van der Waals surface area (Å²) in [5.41, 5.74) is 1.15. The fourth-order valence-corrected chi connectivity index (χ4v) is 4.85. The Morgan fingerprint density at radius 1 is 1.20 bits per heavy atom. The molecule has 9 nitrogen and oxygen atoms in total. The van der Waals surface area contributed by atoms with Crippen LogP contribution in [0.5, 0.6) is 0 Å². The first-order valence-corrected chi connectivity index (χ1v) is 10.9. The van der Waals surface area contributed by atoms with Crippen molar-refractivity contribution in [2.45, 2.75) is 32.2 Å². The summed E-state index contributed by atoms with van der Waals surface area (Å²) in [4.78, 5) is 32.3. The van der Waals surface area contributed by atoms with Crippen LogP contribution in [0.1, 0.15) is 25.3 Å². The second-order valence-electron chi connectivity index (χ2n) is 8.68. The van der Waals surface area contributed by atoms with Crippen LogP contribution in [0.2, 0.25) is 0 Å². The lowest BCUT2D eigenvalue weighted by Crippen LogP contribution is -2.50. The van der Waals surface area contributed by atoms with Crippen LogP contribution in [-0.4, -0.2) is 82.1 Å². The highest BCUT2D eigenvalue weighted by Gasteiger charge is 2.39. The largest absolute Gasteiger partial charge is 0.381 e. The van der Waals surface area contributed by atoms with Crippen LogP contribution in [0, 0.1) is 11.8 Å². The number of nitrogens with zero attached hydrogens (tertiary/aromatic N) is 6. The van der Waals surface area contributed by atoms with Crippen molar-refractivity contribution in [1.29, 1.82) is 0 Å². The Hall–Kier alpha value is -2.52. The highest BCUT2D eigenvalue weighted by atomic mass is 16.5. The van der Waals surface area contributed by atoms with Crippen LogP contribution in [0.3, 0.4) is 0 Å². The number of carbonyl (C=O) groups is 1. The number of ether oxygens (including phenoxy) is 1. The summed E-state index contributed by atoms with van der Waals surface area (Å²) in [5.74, 6) is 2.26. The molecule has 9 heteroatoms. The van der Waals surface area contributed by atoms with Crippen molar-refractivity contribution in [3.05, 3.63) is 36.3 Å². The third kappa shape index (κ3) is 3.91. The maximum Gasteiger partial charge on any atom is 0.329 e. The first-order valence-electron chi connectivity index (χ1n) is 10.9. The number of nitrogens with one attached hydrogen (secondary N) is 1. The highest BCUT2D eigenvalue weighted by molar-refractivity contribution is 6.02. The van der Waals surface area contributed by atoms with Crippen molar-refractivity contribution in [1.82, 2.24) is 30.0 Å². The molecule has 0 bridgehead atoms. The first-order chi connectivity index (χ1) is 14.7. The Morgan fingerprint density at radius 3 is 2.80 bits per heavy atom. The second kappa shape index (κ2) is 8.31. The van der Waals surface area contributed by atoms with Gasteiger partial charge in [-0.2, -0.15) is 0 Å². The molecule has 2 saturated heterocycles. The Bertz CT molecular complexity index is 837. The number of likely N-dealkylation sites (tertiary alicyclic amines) is 1. The molecule has 1 N–H and O–H groups in total. The SMILES string of the molecule is CC1CN(CCc2cncnc2)CC1C1=NC2=CN(C3CCOCC3)CN2C(=O)N1. The van der Waals surface area contributed by atoms with Crippen LogP contribution >= 0.6 is 0 Å². The van der Waals surface area contributed by atoms with Gasteiger partial charge in [-0.1, -0.05) is 6.92 Å². The number of amides is 2. The molecular formula is C21H29N7O2. The fourth-order valence-electron chi connectivity index (χ4n) is 4.85. The van der Waals surface area contributed by atoms with E-state index in [1.54, 1.807) is 11.2 Å². The number of hydrogen-bond acceptors (Lipinski definition) is 7. The number of fused-ring (bicyclic) bond motifs is 1. The quantitative estimate of drug-likeness (QED) is 0.785. The molecule has 5 rings (SSSR count). The summed E-state index contributed by atoms with van der Waals surface area (Å²) >= 11 is 0. The van der Waals surface area contributed by atoms with Crippen molar-refractivity contribution in [3.63, 3.8) is 0 Å².